The molecule has 2 saturated heterocycles. The second kappa shape index (κ2) is 8.17. The highest BCUT2D eigenvalue weighted by molar-refractivity contribution is 8.18. The largest absolute Gasteiger partial charge is 0.465 e. The SMILES string of the molecule is O=C(CN1C(=O)S/C(=C\C=C\c2ccco2)C1=O)NC[C@@H]1CCCO1. The Morgan fingerprint density at radius 2 is 2.32 bits per heavy atom. The van der Waals surface area contributed by atoms with Crippen LogP contribution in [0.2, 0.25) is 0 Å². The Hall–Kier alpha value is -2.32. The van der Waals surface area contributed by atoms with Crippen molar-refractivity contribution in [2.75, 3.05) is 19.7 Å². The van der Waals surface area contributed by atoms with Gasteiger partial charge in [0.2, 0.25) is 5.91 Å². The number of carbonyl (C=O) groups is 3. The second-order valence-electron chi connectivity index (χ2n) is 5.60. The average Bonchev–Trinajstić information content (AvgIpc) is 3.33. The van der Waals surface area contributed by atoms with Gasteiger partial charge >= 0.3 is 0 Å². The van der Waals surface area contributed by atoms with Crippen molar-refractivity contribution >= 4 is 34.9 Å². The third kappa shape index (κ3) is 4.61. The Morgan fingerprint density at radius 3 is 3.04 bits per heavy atom. The highest BCUT2D eigenvalue weighted by Crippen LogP contribution is 2.30. The Morgan fingerprint density at radius 1 is 1.44 bits per heavy atom. The molecule has 0 spiro atoms. The van der Waals surface area contributed by atoms with Crippen LogP contribution in [0.25, 0.3) is 6.08 Å². The van der Waals surface area contributed by atoms with Crippen molar-refractivity contribution in [2.24, 2.45) is 0 Å². The van der Waals surface area contributed by atoms with E-state index in [4.69, 9.17) is 9.15 Å². The number of nitrogens with zero attached hydrogens (tertiary/aromatic N) is 1. The summed E-state index contributed by atoms with van der Waals surface area (Å²) >= 11 is 0.816. The number of nitrogens with one attached hydrogen (secondary N) is 1. The van der Waals surface area contributed by atoms with Crippen LogP contribution in [-0.2, 0) is 14.3 Å². The van der Waals surface area contributed by atoms with Crippen LogP contribution < -0.4 is 5.32 Å². The lowest BCUT2D eigenvalue weighted by molar-refractivity contribution is -0.129. The molecule has 1 atom stereocenters. The molecule has 0 radical (unpaired) electrons. The van der Waals surface area contributed by atoms with Crippen LogP contribution in [0.4, 0.5) is 4.79 Å². The van der Waals surface area contributed by atoms with Gasteiger partial charge in [0.25, 0.3) is 11.1 Å². The molecule has 0 saturated carbocycles. The number of amides is 3. The van der Waals surface area contributed by atoms with Gasteiger partial charge in [-0.1, -0.05) is 6.08 Å². The molecule has 1 aromatic rings. The van der Waals surface area contributed by atoms with E-state index < -0.39 is 11.1 Å². The van der Waals surface area contributed by atoms with Crippen LogP contribution in [-0.4, -0.2) is 47.8 Å². The third-order valence-corrected chi connectivity index (χ3v) is 4.70. The normalized spacial score (nSPS) is 22.5. The molecule has 8 heteroatoms. The molecule has 3 heterocycles. The van der Waals surface area contributed by atoms with Crippen molar-refractivity contribution < 1.29 is 23.5 Å². The van der Waals surface area contributed by atoms with E-state index in [1.54, 1.807) is 30.5 Å². The number of carbonyl (C=O) groups excluding carboxylic acids is 3. The van der Waals surface area contributed by atoms with Crippen LogP contribution in [0.3, 0.4) is 0 Å². The van der Waals surface area contributed by atoms with Crippen molar-refractivity contribution in [3.63, 3.8) is 0 Å². The van der Waals surface area contributed by atoms with Gasteiger partial charge in [0, 0.05) is 13.2 Å². The molecule has 25 heavy (non-hydrogen) atoms. The van der Waals surface area contributed by atoms with Crippen LogP contribution in [0.5, 0.6) is 0 Å². The number of ether oxygens (including phenoxy) is 1. The fraction of sp³-hybridized carbons (Fsp3) is 0.353. The van der Waals surface area contributed by atoms with Crippen molar-refractivity contribution in [1.82, 2.24) is 10.2 Å². The smallest absolute Gasteiger partial charge is 0.294 e. The molecule has 1 N–H and O–H groups in total. The lowest BCUT2D eigenvalue weighted by Crippen LogP contribution is -2.41. The predicted octanol–water partition coefficient (Wildman–Crippen LogP) is 2.17. The summed E-state index contributed by atoms with van der Waals surface area (Å²) in [7, 11) is 0. The predicted molar refractivity (Wildman–Crippen MR) is 92.5 cm³/mol. The number of thioether (sulfide) groups is 1. The highest BCUT2D eigenvalue weighted by Gasteiger charge is 2.36. The van der Waals surface area contributed by atoms with E-state index in [-0.39, 0.29) is 23.5 Å². The molecule has 3 rings (SSSR count). The summed E-state index contributed by atoms with van der Waals surface area (Å²) < 4.78 is 10.6. The fourth-order valence-corrected chi connectivity index (χ4v) is 3.29. The monoisotopic (exact) mass is 362 g/mol. The number of rotatable bonds is 6. The number of allylic oxidation sites excluding steroid dienone is 2. The van der Waals surface area contributed by atoms with Crippen LogP contribution >= 0.6 is 11.8 Å². The third-order valence-electron chi connectivity index (χ3n) is 3.78. The van der Waals surface area contributed by atoms with Gasteiger partial charge in [-0.2, -0.15) is 0 Å². The van der Waals surface area contributed by atoms with Crippen LogP contribution in [0, 0.1) is 0 Å². The van der Waals surface area contributed by atoms with Crippen molar-refractivity contribution in [3.8, 4) is 0 Å². The van der Waals surface area contributed by atoms with E-state index in [9.17, 15) is 14.4 Å². The zero-order chi connectivity index (χ0) is 17.6. The summed E-state index contributed by atoms with van der Waals surface area (Å²) in [6.45, 7) is 0.827. The first-order valence-corrected chi connectivity index (χ1v) is 8.79. The highest BCUT2D eigenvalue weighted by atomic mass is 32.2. The van der Waals surface area contributed by atoms with E-state index in [0.29, 0.717) is 18.9 Å². The maximum Gasteiger partial charge on any atom is 0.294 e. The molecule has 0 bridgehead atoms. The maximum atomic E-state index is 12.3. The Labute approximate surface area is 149 Å². The fourth-order valence-electron chi connectivity index (χ4n) is 2.50. The number of hydrogen-bond acceptors (Lipinski definition) is 6. The number of furan rings is 1. The van der Waals surface area contributed by atoms with E-state index in [0.717, 1.165) is 29.5 Å². The van der Waals surface area contributed by atoms with Gasteiger partial charge in [0.15, 0.2) is 0 Å². The molecule has 132 valence electrons. The molecular formula is C17H18N2O5S. The first kappa shape index (κ1) is 17.5. The zero-order valence-corrected chi connectivity index (χ0v) is 14.3. The lowest BCUT2D eigenvalue weighted by Gasteiger charge is -2.14. The van der Waals surface area contributed by atoms with Gasteiger partial charge in [-0.25, -0.2) is 0 Å². The molecule has 2 fully saturated rings. The van der Waals surface area contributed by atoms with Gasteiger partial charge in [-0.05, 0) is 48.9 Å². The standard InChI is InChI=1S/C17H18N2O5S/c20-15(18-10-13-6-3-9-24-13)11-19-16(21)14(25-17(19)22)7-1-4-12-5-2-8-23-12/h1-2,4-5,7-8,13H,3,6,9-11H2,(H,18,20)/b4-1+,14-7-/t13-/m0/s1. The van der Waals surface area contributed by atoms with E-state index in [1.165, 1.54) is 6.08 Å². The van der Waals surface area contributed by atoms with E-state index in [2.05, 4.69) is 5.32 Å². The molecule has 0 unspecified atom stereocenters. The Bertz CT molecular complexity index is 705. The summed E-state index contributed by atoms with van der Waals surface area (Å²) in [5.41, 5.74) is 0. The maximum absolute atomic E-state index is 12.3. The molecule has 1 aromatic heterocycles. The molecule has 2 aliphatic heterocycles. The summed E-state index contributed by atoms with van der Waals surface area (Å²) in [6, 6.07) is 3.53. The topological polar surface area (TPSA) is 88.9 Å². The Kier molecular flexibility index (Phi) is 5.72. The van der Waals surface area contributed by atoms with Gasteiger partial charge in [0.05, 0.1) is 17.3 Å². The summed E-state index contributed by atoms with van der Waals surface area (Å²) in [6.07, 6.45) is 8.31. The van der Waals surface area contributed by atoms with Crippen molar-refractivity contribution in [3.05, 3.63) is 41.2 Å². The minimum atomic E-state index is -0.466. The van der Waals surface area contributed by atoms with Crippen molar-refractivity contribution in [2.45, 2.75) is 18.9 Å². The van der Waals surface area contributed by atoms with E-state index >= 15 is 0 Å². The molecular weight excluding hydrogens is 344 g/mol. The summed E-state index contributed by atoms with van der Waals surface area (Å²) in [5.74, 6) is -0.194. The average molecular weight is 362 g/mol. The first-order chi connectivity index (χ1) is 12.1. The molecule has 3 amide bonds. The zero-order valence-electron chi connectivity index (χ0n) is 13.5. The quantitative estimate of drug-likeness (QED) is 0.780. The molecule has 7 nitrogen and oxygen atoms in total. The minimum absolute atomic E-state index is 0.0190. The summed E-state index contributed by atoms with van der Waals surface area (Å²) in [5, 5.41) is 2.25. The molecule has 0 aliphatic carbocycles. The number of imide groups is 1. The van der Waals surface area contributed by atoms with E-state index in [1.807, 2.05) is 0 Å². The lowest BCUT2D eigenvalue weighted by atomic mass is 10.2. The molecule has 0 aromatic carbocycles. The van der Waals surface area contributed by atoms with Crippen LogP contribution in [0.1, 0.15) is 18.6 Å². The second-order valence-corrected chi connectivity index (χ2v) is 6.60. The van der Waals surface area contributed by atoms with Gasteiger partial charge in [0.1, 0.15) is 12.3 Å². The summed E-state index contributed by atoms with van der Waals surface area (Å²) in [4.78, 5) is 37.4. The molecule has 2 aliphatic rings. The first-order valence-electron chi connectivity index (χ1n) is 7.97. The number of hydrogen-bond donors (Lipinski definition) is 1. The Balaban J connectivity index is 1.52. The van der Waals surface area contributed by atoms with Crippen LogP contribution in [0.15, 0.2) is 39.9 Å². The van der Waals surface area contributed by atoms with Crippen molar-refractivity contribution in [1.29, 1.82) is 0 Å². The van der Waals surface area contributed by atoms with Gasteiger partial charge in [-0.3, -0.25) is 19.3 Å². The minimum Gasteiger partial charge on any atom is -0.465 e. The van der Waals surface area contributed by atoms with Gasteiger partial charge < -0.3 is 14.5 Å². The van der Waals surface area contributed by atoms with Gasteiger partial charge in [-0.15, -0.1) is 0 Å².